The van der Waals surface area contributed by atoms with E-state index in [4.69, 9.17) is 0 Å². The van der Waals surface area contributed by atoms with E-state index in [0.717, 1.165) is 37.3 Å². The first-order chi connectivity index (χ1) is 12.5. The molecule has 7 heteroatoms. The number of nitrogens with zero attached hydrogens (tertiary/aromatic N) is 4. The number of benzene rings is 1. The summed E-state index contributed by atoms with van der Waals surface area (Å²) in [5.41, 5.74) is 1.93. The van der Waals surface area contributed by atoms with Crippen molar-refractivity contribution in [3.05, 3.63) is 47.8 Å². The summed E-state index contributed by atoms with van der Waals surface area (Å²) in [5, 5.41) is 4.46. The molecule has 1 fully saturated rings. The van der Waals surface area contributed by atoms with E-state index in [1.54, 1.807) is 28.7 Å². The lowest BCUT2D eigenvalue weighted by atomic mass is 10.1. The van der Waals surface area contributed by atoms with Gasteiger partial charge in [0.15, 0.2) is 0 Å². The molecule has 4 rings (SSSR count). The highest BCUT2D eigenvalue weighted by Crippen LogP contribution is 2.28. The average molecular weight is 375 g/mol. The van der Waals surface area contributed by atoms with Crippen LogP contribution < -0.4 is 0 Å². The van der Waals surface area contributed by atoms with Crippen LogP contribution in [0, 0.1) is 6.92 Å². The third kappa shape index (κ3) is 3.43. The lowest BCUT2D eigenvalue weighted by Crippen LogP contribution is -2.42. The second-order valence-corrected chi connectivity index (χ2v) is 9.31. The first-order valence-electron chi connectivity index (χ1n) is 9.35. The molecule has 1 saturated heterocycles. The van der Waals surface area contributed by atoms with Crippen molar-refractivity contribution in [2.24, 2.45) is 0 Å². The minimum atomic E-state index is -3.50. The lowest BCUT2D eigenvalue weighted by molar-refractivity contribution is 0.226. The molecule has 26 heavy (non-hydrogen) atoms. The predicted octanol–water partition coefficient (Wildman–Crippen LogP) is 2.42. The van der Waals surface area contributed by atoms with Crippen molar-refractivity contribution in [2.45, 2.75) is 43.7 Å². The molecule has 140 valence electrons. The van der Waals surface area contributed by atoms with Crippen molar-refractivity contribution in [1.82, 2.24) is 19.0 Å². The summed E-state index contributed by atoms with van der Waals surface area (Å²) in [6.07, 6.45) is 5.24. The Kier molecular flexibility index (Phi) is 4.86. The highest BCUT2D eigenvalue weighted by Gasteiger charge is 2.34. The Morgan fingerprint density at radius 3 is 2.77 bits per heavy atom. The number of likely N-dealkylation sites (tertiary alicyclic amines) is 1. The molecule has 1 aromatic carbocycles. The van der Waals surface area contributed by atoms with Crippen molar-refractivity contribution in [3.63, 3.8) is 0 Å². The van der Waals surface area contributed by atoms with Gasteiger partial charge in [-0.25, -0.2) is 8.42 Å². The van der Waals surface area contributed by atoms with Crippen molar-refractivity contribution in [3.8, 4) is 0 Å². The predicted molar refractivity (Wildman–Crippen MR) is 100 cm³/mol. The Bertz CT molecular complexity index is 871. The van der Waals surface area contributed by atoms with Crippen LogP contribution in [0.1, 0.15) is 36.6 Å². The van der Waals surface area contributed by atoms with E-state index in [1.165, 1.54) is 12.8 Å². The van der Waals surface area contributed by atoms with Gasteiger partial charge in [0.25, 0.3) is 0 Å². The number of aromatic nitrogens is 2. The Morgan fingerprint density at radius 1 is 1.19 bits per heavy atom. The smallest absolute Gasteiger partial charge is 0.243 e. The molecule has 0 bridgehead atoms. The van der Waals surface area contributed by atoms with Crippen molar-refractivity contribution < 1.29 is 8.42 Å². The maximum absolute atomic E-state index is 13.2. The monoisotopic (exact) mass is 374 g/mol. The summed E-state index contributed by atoms with van der Waals surface area (Å²) < 4.78 is 30.0. The maximum atomic E-state index is 13.2. The number of sulfonamides is 1. The van der Waals surface area contributed by atoms with Crippen molar-refractivity contribution in [1.29, 1.82) is 0 Å². The fourth-order valence-electron chi connectivity index (χ4n) is 4.01. The summed E-state index contributed by atoms with van der Waals surface area (Å²) in [7, 11) is -3.50. The van der Waals surface area contributed by atoms with E-state index in [1.807, 2.05) is 23.7 Å². The molecular formula is C19H26N4O2S. The number of rotatable bonds is 5. The number of fused-ring (bicyclic) bond motifs is 1. The van der Waals surface area contributed by atoms with Crippen LogP contribution in [0.5, 0.6) is 0 Å². The van der Waals surface area contributed by atoms with Gasteiger partial charge in [-0.1, -0.05) is 12.1 Å². The van der Waals surface area contributed by atoms with Crippen LogP contribution in [0.3, 0.4) is 0 Å². The van der Waals surface area contributed by atoms with Gasteiger partial charge in [-0.15, -0.1) is 0 Å². The second-order valence-electron chi connectivity index (χ2n) is 7.37. The van der Waals surface area contributed by atoms with Crippen LogP contribution >= 0.6 is 0 Å². The summed E-state index contributed by atoms with van der Waals surface area (Å²) in [4.78, 5) is 2.85. The number of hydrogen-bond donors (Lipinski definition) is 0. The second kappa shape index (κ2) is 7.13. The third-order valence-electron chi connectivity index (χ3n) is 5.46. The molecule has 3 heterocycles. The third-order valence-corrected chi connectivity index (χ3v) is 7.26. The molecule has 2 aliphatic heterocycles. The van der Waals surface area contributed by atoms with Gasteiger partial charge >= 0.3 is 0 Å². The minimum Gasteiger partial charge on any atom is -0.303 e. The highest BCUT2D eigenvalue weighted by atomic mass is 32.2. The van der Waals surface area contributed by atoms with Crippen molar-refractivity contribution >= 4 is 10.0 Å². The molecule has 6 nitrogen and oxygen atoms in total. The quantitative estimate of drug-likeness (QED) is 0.806. The standard InChI is InChI=1S/C19H26N4O2S/c1-16-5-4-6-19(13-16)26(24,25)22-14-17-7-9-20-23(17)18(15-22)8-12-21-10-2-3-11-21/h4-7,9,13,18H,2-3,8,10-12,14-15H2,1H3/t18-/m0/s1. The average Bonchev–Trinajstić information content (AvgIpc) is 3.31. The number of aryl methyl sites for hydroxylation is 1. The Balaban J connectivity index is 1.56. The Hall–Kier alpha value is -1.70. The largest absolute Gasteiger partial charge is 0.303 e. The molecule has 0 saturated carbocycles. The van der Waals surface area contributed by atoms with Gasteiger partial charge in [0.05, 0.1) is 23.2 Å². The van der Waals surface area contributed by atoms with Crippen LogP contribution in [0.4, 0.5) is 0 Å². The molecule has 0 spiro atoms. The van der Waals surface area contributed by atoms with E-state index in [2.05, 4.69) is 10.00 Å². The van der Waals surface area contributed by atoms with E-state index < -0.39 is 10.0 Å². The lowest BCUT2D eigenvalue weighted by Gasteiger charge is -2.34. The first kappa shape index (κ1) is 17.7. The van der Waals surface area contributed by atoms with Gasteiger partial charge in [0, 0.05) is 19.3 Å². The molecule has 0 aliphatic carbocycles. The molecule has 1 atom stereocenters. The summed E-state index contributed by atoms with van der Waals surface area (Å²) in [6, 6.07) is 9.19. The SMILES string of the molecule is Cc1cccc(S(=O)(=O)N2Cc3ccnn3[C@@H](CCN3CCCC3)C2)c1. The zero-order valence-corrected chi connectivity index (χ0v) is 16.0. The maximum Gasteiger partial charge on any atom is 0.243 e. The van der Waals surface area contributed by atoms with Crippen molar-refractivity contribution in [2.75, 3.05) is 26.2 Å². The number of hydrogen-bond acceptors (Lipinski definition) is 4. The van der Waals surface area contributed by atoms with E-state index in [9.17, 15) is 8.42 Å². The summed E-state index contributed by atoms with van der Waals surface area (Å²) in [5.74, 6) is 0. The summed E-state index contributed by atoms with van der Waals surface area (Å²) in [6.45, 7) is 6.11. The molecule has 2 aromatic rings. The van der Waals surface area contributed by atoms with Gasteiger partial charge in [-0.05, 0) is 63.0 Å². The van der Waals surface area contributed by atoms with Gasteiger partial charge in [-0.2, -0.15) is 9.40 Å². The fraction of sp³-hybridized carbons (Fsp3) is 0.526. The molecular weight excluding hydrogens is 348 g/mol. The first-order valence-corrected chi connectivity index (χ1v) is 10.8. The molecule has 0 amide bonds. The van der Waals surface area contributed by atoms with Gasteiger partial charge in [-0.3, -0.25) is 4.68 Å². The van der Waals surface area contributed by atoms with E-state index in [-0.39, 0.29) is 6.04 Å². The topological polar surface area (TPSA) is 58.4 Å². The van der Waals surface area contributed by atoms with Crippen LogP contribution in [0.15, 0.2) is 41.4 Å². The minimum absolute atomic E-state index is 0.0916. The van der Waals surface area contributed by atoms with E-state index >= 15 is 0 Å². The van der Waals surface area contributed by atoms with E-state index in [0.29, 0.717) is 18.0 Å². The zero-order valence-electron chi connectivity index (χ0n) is 15.2. The molecule has 1 aromatic heterocycles. The van der Waals surface area contributed by atoms with Crippen LogP contribution in [0.25, 0.3) is 0 Å². The molecule has 0 N–H and O–H groups in total. The normalized spacial score (nSPS) is 21.8. The van der Waals surface area contributed by atoms with Crippen LogP contribution in [-0.2, 0) is 16.6 Å². The Morgan fingerprint density at radius 2 is 2.00 bits per heavy atom. The Labute approximate surface area is 155 Å². The van der Waals surface area contributed by atoms with Gasteiger partial charge in [0.1, 0.15) is 0 Å². The summed E-state index contributed by atoms with van der Waals surface area (Å²) >= 11 is 0. The van der Waals surface area contributed by atoms with Gasteiger partial charge < -0.3 is 4.90 Å². The molecule has 0 radical (unpaired) electrons. The highest BCUT2D eigenvalue weighted by molar-refractivity contribution is 7.89. The fourth-order valence-corrected chi connectivity index (χ4v) is 5.57. The van der Waals surface area contributed by atoms with Crippen LogP contribution in [0.2, 0.25) is 0 Å². The van der Waals surface area contributed by atoms with Gasteiger partial charge in [0.2, 0.25) is 10.0 Å². The van der Waals surface area contributed by atoms with Crippen LogP contribution in [-0.4, -0.2) is 53.6 Å². The zero-order chi connectivity index (χ0) is 18.1. The molecule has 2 aliphatic rings. The molecule has 0 unspecified atom stereocenters.